The first-order valence-electron chi connectivity index (χ1n) is 8.09. The second-order valence-corrected chi connectivity index (χ2v) is 5.94. The number of aryl methyl sites for hydroxylation is 1. The average molecular weight is 291 g/mol. The number of hydrogen-bond donors (Lipinski definition) is 1. The Bertz CT molecular complexity index is 414. The molecule has 0 aliphatic heterocycles. The number of hydrogen-bond acceptors (Lipinski definition) is 2. The lowest BCUT2D eigenvalue weighted by atomic mass is 10.1. The van der Waals surface area contributed by atoms with Gasteiger partial charge in [0, 0.05) is 18.8 Å². The highest BCUT2D eigenvalue weighted by Crippen LogP contribution is 2.18. The van der Waals surface area contributed by atoms with Gasteiger partial charge in [-0.25, -0.2) is 0 Å². The third-order valence-electron chi connectivity index (χ3n) is 3.85. The Morgan fingerprint density at radius 1 is 1.14 bits per heavy atom. The number of unbranched alkanes of at least 4 members (excludes halogenated alkanes) is 4. The molecule has 0 bridgehead atoms. The topological polar surface area (TPSA) is 40.5 Å². The Kier molecular flexibility index (Phi) is 7.88. The summed E-state index contributed by atoms with van der Waals surface area (Å²) in [6.45, 7) is 7.57. The largest absolute Gasteiger partial charge is 0.481 e. The Morgan fingerprint density at radius 2 is 1.76 bits per heavy atom. The monoisotopic (exact) mass is 291 g/mol. The predicted molar refractivity (Wildman–Crippen MR) is 89.0 cm³/mol. The van der Waals surface area contributed by atoms with Gasteiger partial charge in [-0.2, -0.15) is 0 Å². The van der Waals surface area contributed by atoms with Crippen LogP contribution in [0.2, 0.25) is 0 Å². The van der Waals surface area contributed by atoms with Gasteiger partial charge in [0.05, 0.1) is 5.92 Å². The minimum atomic E-state index is -0.724. The van der Waals surface area contributed by atoms with E-state index in [9.17, 15) is 4.79 Å². The normalized spacial score (nSPS) is 12.1. The molecule has 0 saturated heterocycles. The maximum atomic E-state index is 11.1. The molecule has 0 aliphatic rings. The van der Waals surface area contributed by atoms with E-state index in [1.807, 2.05) is 0 Å². The smallest absolute Gasteiger partial charge is 0.308 e. The van der Waals surface area contributed by atoms with Crippen LogP contribution >= 0.6 is 0 Å². The van der Waals surface area contributed by atoms with Crippen LogP contribution in [0.3, 0.4) is 0 Å². The fraction of sp³-hybridized carbons (Fsp3) is 0.611. The number of benzene rings is 1. The molecule has 0 aromatic heterocycles. The zero-order valence-electron chi connectivity index (χ0n) is 13.6. The SMILES string of the molecule is CCCCCCCN(CC(C)C(=O)O)c1ccc(C)cc1. The van der Waals surface area contributed by atoms with E-state index >= 15 is 0 Å². The number of nitrogens with zero attached hydrogens (tertiary/aromatic N) is 1. The lowest BCUT2D eigenvalue weighted by Crippen LogP contribution is -2.32. The molecule has 1 atom stereocenters. The third kappa shape index (κ3) is 6.65. The third-order valence-corrected chi connectivity index (χ3v) is 3.85. The Balaban J connectivity index is 2.61. The predicted octanol–water partition coefficient (Wildman–Crippen LogP) is 4.49. The zero-order valence-corrected chi connectivity index (χ0v) is 13.6. The molecule has 1 rings (SSSR count). The number of anilines is 1. The highest BCUT2D eigenvalue weighted by atomic mass is 16.4. The molecule has 0 amide bonds. The van der Waals surface area contributed by atoms with Gasteiger partial charge in [0.2, 0.25) is 0 Å². The van der Waals surface area contributed by atoms with Crippen molar-refractivity contribution < 1.29 is 9.90 Å². The maximum absolute atomic E-state index is 11.1. The number of rotatable bonds is 10. The minimum Gasteiger partial charge on any atom is -0.481 e. The Labute approximate surface area is 129 Å². The van der Waals surface area contributed by atoms with Gasteiger partial charge in [-0.05, 0) is 25.5 Å². The highest BCUT2D eigenvalue weighted by Gasteiger charge is 2.16. The van der Waals surface area contributed by atoms with Crippen molar-refractivity contribution in [3.05, 3.63) is 29.8 Å². The quantitative estimate of drug-likeness (QED) is 0.646. The highest BCUT2D eigenvalue weighted by molar-refractivity contribution is 5.70. The first-order chi connectivity index (χ1) is 10.0. The molecule has 1 aromatic carbocycles. The molecule has 118 valence electrons. The Hall–Kier alpha value is -1.51. The first kappa shape index (κ1) is 17.5. The molecule has 3 heteroatoms. The molecule has 1 N–H and O–H groups in total. The average Bonchev–Trinajstić information content (AvgIpc) is 2.46. The van der Waals surface area contributed by atoms with Crippen molar-refractivity contribution in [2.75, 3.05) is 18.0 Å². The summed E-state index contributed by atoms with van der Waals surface area (Å²) in [5.74, 6) is -1.07. The van der Waals surface area contributed by atoms with Crippen molar-refractivity contribution in [3.8, 4) is 0 Å². The maximum Gasteiger partial charge on any atom is 0.308 e. The van der Waals surface area contributed by atoms with Gasteiger partial charge in [0.15, 0.2) is 0 Å². The summed E-state index contributed by atoms with van der Waals surface area (Å²) in [4.78, 5) is 13.3. The lowest BCUT2D eigenvalue weighted by molar-refractivity contribution is -0.140. The molecule has 0 spiro atoms. The van der Waals surface area contributed by atoms with Crippen LogP contribution in [0.15, 0.2) is 24.3 Å². The van der Waals surface area contributed by atoms with E-state index in [1.165, 1.54) is 31.2 Å². The summed E-state index contributed by atoms with van der Waals surface area (Å²) in [5, 5.41) is 9.14. The van der Waals surface area contributed by atoms with Crippen LogP contribution in [0.25, 0.3) is 0 Å². The molecule has 0 heterocycles. The summed E-state index contributed by atoms with van der Waals surface area (Å²) >= 11 is 0. The number of aliphatic carboxylic acids is 1. The summed E-state index contributed by atoms with van der Waals surface area (Å²) < 4.78 is 0. The molecule has 0 fully saturated rings. The second-order valence-electron chi connectivity index (χ2n) is 5.94. The molecule has 3 nitrogen and oxygen atoms in total. The standard InChI is InChI=1S/C18H29NO2/c1-4-5-6-7-8-13-19(14-16(3)18(20)21)17-11-9-15(2)10-12-17/h9-12,16H,4-8,13-14H2,1-3H3,(H,20,21). The van der Waals surface area contributed by atoms with E-state index in [2.05, 4.69) is 43.0 Å². The van der Waals surface area contributed by atoms with Gasteiger partial charge < -0.3 is 10.0 Å². The first-order valence-corrected chi connectivity index (χ1v) is 8.09. The molecule has 0 radical (unpaired) electrons. The van der Waals surface area contributed by atoms with E-state index in [1.54, 1.807) is 6.92 Å². The van der Waals surface area contributed by atoms with E-state index < -0.39 is 5.97 Å². The van der Waals surface area contributed by atoms with E-state index in [0.717, 1.165) is 18.7 Å². The van der Waals surface area contributed by atoms with Crippen LogP contribution in [-0.4, -0.2) is 24.2 Å². The summed E-state index contributed by atoms with van der Waals surface area (Å²) in [6, 6.07) is 8.36. The molecule has 1 unspecified atom stereocenters. The van der Waals surface area contributed by atoms with Crippen LogP contribution < -0.4 is 4.90 Å². The van der Waals surface area contributed by atoms with Gasteiger partial charge in [-0.3, -0.25) is 4.79 Å². The van der Waals surface area contributed by atoms with Crippen molar-refractivity contribution >= 4 is 11.7 Å². The minimum absolute atomic E-state index is 0.345. The van der Waals surface area contributed by atoms with E-state index in [0.29, 0.717) is 6.54 Å². The van der Waals surface area contributed by atoms with Gasteiger partial charge >= 0.3 is 5.97 Å². The van der Waals surface area contributed by atoms with Crippen LogP contribution in [0.1, 0.15) is 51.5 Å². The molecular weight excluding hydrogens is 262 g/mol. The molecule has 0 aliphatic carbocycles. The Morgan fingerprint density at radius 3 is 2.33 bits per heavy atom. The van der Waals surface area contributed by atoms with Gasteiger partial charge in [-0.1, -0.05) is 57.2 Å². The number of carboxylic acids is 1. The van der Waals surface area contributed by atoms with Crippen LogP contribution in [0, 0.1) is 12.8 Å². The zero-order chi connectivity index (χ0) is 15.7. The van der Waals surface area contributed by atoms with Crippen molar-refractivity contribution in [2.45, 2.75) is 52.9 Å². The van der Waals surface area contributed by atoms with Crippen LogP contribution in [-0.2, 0) is 4.79 Å². The lowest BCUT2D eigenvalue weighted by Gasteiger charge is -2.27. The number of carboxylic acid groups (broad SMARTS) is 1. The number of carbonyl (C=O) groups is 1. The fourth-order valence-corrected chi connectivity index (χ4v) is 2.40. The summed E-state index contributed by atoms with van der Waals surface area (Å²) in [5.41, 5.74) is 2.36. The molecule has 21 heavy (non-hydrogen) atoms. The van der Waals surface area contributed by atoms with Crippen molar-refractivity contribution in [1.82, 2.24) is 0 Å². The summed E-state index contributed by atoms with van der Waals surface area (Å²) in [7, 11) is 0. The van der Waals surface area contributed by atoms with Gasteiger partial charge in [0.25, 0.3) is 0 Å². The molecule has 1 aromatic rings. The van der Waals surface area contributed by atoms with E-state index in [-0.39, 0.29) is 5.92 Å². The van der Waals surface area contributed by atoms with Gasteiger partial charge in [0.1, 0.15) is 0 Å². The summed E-state index contributed by atoms with van der Waals surface area (Å²) in [6.07, 6.45) is 6.15. The van der Waals surface area contributed by atoms with E-state index in [4.69, 9.17) is 5.11 Å². The van der Waals surface area contributed by atoms with Crippen LogP contribution in [0.4, 0.5) is 5.69 Å². The van der Waals surface area contributed by atoms with Crippen LogP contribution in [0.5, 0.6) is 0 Å². The van der Waals surface area contributed by atoms with Crippen molar-refractivity contribution in [1.29, 1.82) is 0 Å². The molecule has 0 saturated carbocycles. The second kappa shape index (κ2) is 9.43. The van der Waals surface area contributed by atoms with Crippen molar-refractivity contribution in [2.24, 2.45) is 5.92 Å². The van der Waals surface area contributed by atoms with Crippen molar-refractivity contribution in [3.63, 3.8) is 0 Å². The molecular formula is C18H29NO2. The fourth-order valence-electron chi connectivity index (χ4n) is 2.40. The van der Waals surface area contributed by atoms with Gasteiger partial charge in [-0.15, -0.1) is 0 Å².